The van der Waals surface area contributed by atoms with Crippen LogP contribution >= 0.6 is 0 Å². The summed E-state index contributed by atoms with van der Waals surface area (Å²) in [6.07, 6.45) is 0.447. The number of ether oxygens (including phenoxy) is 1. The zero-order chi connectivity index (χ0) is 18.0. The van der Waals surface area contributed by atoms with Gasteiger partial charge in [-0.2, -0.15) is 5.06 Å². The van der Waals surface area contributed by atoms with Crippen LogP contribution in [0.4, 0.5) is 5.82 Å². The van der Waals surface area contributed by atoms with E-state index in [1.165, 1.54) is 0 Å². The Bertz CT molecular complexity index is 959. The van der Waals surface area contributed by atoms with Gasteiger partial charge in [0.25, 0.3) is 5.91 Å². The van der Waals surface area contributed by atoms with Crippen LogP contribution < -0.4 is 5.06 Å². The van der Waals surface area contributed by atoms with Crippen molar-refractivity contribution in [1.82, 2.24) is 4.98 Å². The van der Waals surface area contributed by atoms with Crippen LogP contribution in [0.2, 0.25) is 0 Å². The van der Waals surface area contributed by atoms with Crippen molar-refractivity contribution in [2.75, 3.05) is 18.3 Å². The number of carbonyl (C=O) groups is 1. The molecule has 4 rings (SSSR count). The standard InChI is InChI=1S/C21H18N2O3/c24-20(23(25)19-14-17-8-4-5-9-18(17)22-19)21(12-13-26-15-21)11-10-16-6-2-1-3-7-16/h1-9,14,22,25H,12-13,15H2. The van der Waals surface area contributed by atoms with Crippen molar-refractivity contribution in [2.45, 2.75) is 6.42 Å². The van der Waals surface area contributed by atoms with Crippen molar-refractivity contribution < 1.29 is 14.7 Å². The number of hydrogen-bond donors (Lipinski definition) is 2. The molecule has 26 heavy (non-hydrogen) atoms. The summed E-state index contributed by atoms with van der Waals surface area (Å²) < 4.78 is 5.44. The van der Waals surface area contributed by atoms with Gasteiger partial charge in [-0.05, 0) is 30.7 Å². The van der Waals surface area contributed by atoms with E-state index in [1.807, 2.05) is 54.6 Å². The molecule has 130 valence electrons. The summed E-state index contributed by atoms with van der Waals surface area (Å²) >= 11 is 0. The van der Waals surface area contributed by atoms with Gasteiger partial charge in [0.05, 0.1) is 6.61 Å². The first kappa shape index (κ1) is 16.4. The summed E-state index contributed by atoms with van der Waals surface area (Å²) in [4.78, 5) is 16.1. The van der Waals surface area contributed by atoms with Crippen molar-refractivity contribution in [3.8, 4) is 11.8 Å². The van der Waals surface area contributed by atoms with E-state index < -0.39 is 11.3 Å². The van der Waals surface area contributed by atoms with E-state index in [1.54, 1.807) is 6.07 Å². The highest BCUT2D eigenvalue weighted by Crippen LogP contribution is 2.32. The Balaban J connectivity index is 1.66. The van der Waals surface area contributed by atoms with Crippen LogP contribution in [0.15, 0.2) is 60.7 Å². The van der Waals surface area contributed by atoms with Crippen LogP contribution in [0.3, 0.4) is 0 Å². The third-order valence-corrected chi connectivity index (χ3v) is 4.59. The van der Waals surface area contributed by atoms with Crippen LogP contribution in [-0.2, 0) is 9.53 Å². The van der Waals surface area contributed by atoms with Gasteiger partial charge < -0.3 is 9.72 Å². The molecule has 1 aliphatic rings. The molecule has 1 unspecified atom stereocenters. The maximum atomic E-state index is 13.0. The monoisotopic (exact) mass is 346 g/mol. The van der Waals surface area contributed by atoms with Gasteiger partial charge >= 0.3 is 0 Å². The van der Waals surface area contributed by atoms with Crippen LogP contribution in [0.25, 0.3) is 10.9 Å². The molecule has 2 aromatic carbocycles. The number of aromatic amines is 1. The third-order valence-electron chi connectivity index (χ3n) is 4.59. The van der Waals surface area contributed by atoms with Crippen molar-refractivity contribution in [1.29, 1.82) is 0 Å². The molecule has 2 heterocycles. The van der Waals surface area contributed by atoms with E-state index in [0.29, 0.717) is 23.9 Å². The van der Waals surface area contributed by atoms with Crippen molar-refractivity contribution in [2.24, 2.45) is 5.41 Å². The predicted molar refractivity (Wildman–Crippen MR) is 98.8 cm³/mol. The second-order valence-corrected chi connectivity index (χ2v) is 6.36. The second kappa shape index (κ2) is 6.68. The SMILES string of the molecule is O=C(N(O)c1cc2ccccc2[nH]1)C1(C#Cc2ccccc2)CCOC1. The van der Waals surface area contributed by atoms with E-state index in [4.69, 9.17) is 4.74 Å². The molecule has 1 aliphatic heterocycles. The molecule has 1 amide bonds. The Morgan fingerprint density at radius 2 is 1.92 bits per heavy atom. The van der Waals surface area contributed by atoms with Gasteiger partial charge in [-0.1, -0.05) is 48.2 Å². The van der Waals surface area contributed by atoms with Gasteiger partial charge in [0.15, 0.2) is 0 Å². The highest BCUT2D eigenvalue weighted by molar-refractivity contribution is 5.99. The number of rotatable bonds is 2. The lowest BCUT2D eigenvalue weighted by Gasteiger charge is -2.24. The Morgan fingerprint density at radius 1 is 1.15 bits per heavy atom. The van der Waals surface area contributed by atoms with Crippen LogP contribution in [0.5, 0.6) is 0 Å². The van der Waals surface area contributed by atoms with Gasteiger partial charge in [-0.3, -0.25) is 10.0 Å². The normalized spacial score (nSPS) is 19.1. The molecule has 0 radical (unpaired) electrons. The van der Waals surface area contributed by atoms with Gasteiger partial charge in [0, 0.05) is 23.1 Å². The third kappa shape index (κ3) is 2.97. The molecular formula is C21H18N2O3. The summed E-state index contributed by atoms with van der Waals surface area (Å²) in [5.74, 6) is 5.94. The second-order valence-electron chi connectivity index (χ2n) is 6.36. The molecule has 1 atom stereocenters. The van der Waals surface area contributed by atoms with E-state index in [2.05, 4.69) is 16.8 Å². The maximum Gasteiger partial charge on any atom is 0.272 e. The highest BCUT2D eigenvalue weighted by atomic mass is 16.5. The quantitative estimate of drug-likeness (QED) is 0.425. The van der Waals surface area contributed by atoms with E-state index in [-0.39, 0.29) is 6.61 Å². The van der Waals surface area contributed by atoms with Crippen LogP contribution in [-0.4, -0.2) is 29.3 Å². The number of amides is 1. The predicted octanol–water partition coefficient (Wildman–Crippen LogP) is 3.35. The van der Waals surface area contributed by atoms with Gasteiger partial charge in [0.1, 0.15) is 11.2 Å². The first-order valence-corrected chi connectivity index (χ1v) is 8.45. The number of para-hydroxylation sites is 1. The molecule has 5 nitrogen and oxygen atoms in total. The Labute approximate surface area is 151 Å². The minimum Gasteiger partial charge on any atom is -0.379 e. The molecule has 3 aromatic rings. The lowest BCUT2D eigenvalue weighted by molar-refractivity contribution is -0.130. The molecule has 2 N–H and O–H groups in total. The molecular weight excluding hydrogens is 328 g/mol. The average molecular weight is 346 g/mol. The number of nitrogens with zero attached hydrogens (tertiary/aromatic N) is 1. The molecule has 0 aliphatic carbocycles. The number of aromatic nitrogens is 1. The van der Waals surface area contributed by atoms with Crippen molar-refractivity contribution >= 4 is 22.6 Å². The molecule has 0 saturated carbocycles. The van der Waals surface area contributed by atoms with Gasteiger partial charge in [-0.25, -0.2) is 0 Å². The fourth-order valence-electron chi connectivity index (χ4n) is 3.08. The lowest BCUT2D eigenvalue weighted by atomic mass is 9.86. The number of hydrogen-bond acceptors (Lipinski definition) is 3. The zero-order valence-corrected chi connectivity index (χ0v) is 14.1. The largest absolute Gasteiger partial charge is 0.379 e. The topological polar surface area (TPSA) is 65.6 Å². The summed E-state index contributed by atoms with van der Waals surface area (Å²) in [6.45, 7) is 0.610. The molecule has 1 saturated heterocycles. The summed E-state index contributed by atoms with van der Waals surface area (Å²) in [6, 6.07) is 18.8. The van der Waals surface area contributed by atoms with Gasteiger partial charge in [0.2, 0.25) is 0 Å². The Kier molecular flexibility index (Phi) is 4.21. The Morgan fingerprint density at radius 3 is 2.65 bits per heavy atom. The Hall–Kier alpha value is -3.07. The molecule has 0 spiro atoms. The number of fused-ring (bicyclic) bond motifs is 1. The number of hydroxylamine groups is 1. The number of anilines is 1. The van der Waals surface area contributed by atoms with Crippen molar-refractivity contribution in [3.05, 3.63) is 66.2 Å². The summed E-state index contributed by atoms with van der Waals surface area (Å²) in [5, 5.41) is 12.1. The minimum absolute atomic E-state index is 0.170. The zero-order valence-electron chi connectivity index (χ0n) is 14.1. The summed E-state index contributed by atoms with van der Waals surface area (Å²) in [5.41, 5.74) is 0.616. The fraction of sp³-hybridized carbons (Fsp3) is 0.190. The van der Waals surface area contributed by atoms with E-state index in [9.17, 15) is 10.0 Å². The number of H-pyrrole nitrogens is 1. The van der Waals surface area contributed by atoms with E-state index >= 15 is 0 Å². The smallest absolute Gasteiger partial charge is 0.272 e. The number of nitrogens with one attached hydrogen (secondary N) is 1. The van der Waals surface area contributed by atoms with E-state index in [0.717, 1.165) is 16.5 Å². The lowest BCUT2D eigenvalue weighted by Crippen LogP contribution is -2.42. The van der Waals surface area contributed by atoms with Crippen molar-refractivity contribution in [3.63, 3.8) is 0 Å². The minimum atomic E-state index is -1.05. The maximum absolute atomic E-state index is 13.0. The van der Waals surface area contributed by atoms with Gasteiger partial charge in [-0.15, -0.1) is 0 Å². The fourth-order valence-corrected chi connectivity index (χ4v) is 3.08. The molecule has 1 fully saturated rings. The van der Waals surface area contributed by atoms with Crippen LogP contribution in [0, 0.1) is 17.3 Å². The molecule has 0 bridgehead atoms. The number of carbonyl (C=O) groups excluding carboxylic acids is 1. The molecule has 1 aromatic heterocycles. The molecule has 5 heteroatoms. The first-order chi connectivity index (χ1) is 12.7. The average Bonchev–Trinajstić information content (AvgIpc) is 3.33. The van der Waals surface area contributed by atoms with Crippen LogP contribution in [0.1, 0.15) is 12.0 Å². The first-order valence-electron chi connectivity index (χ1n) is 8.45. The highest BCUT2D eigenvalue weighted by Gasteiger charge is 2.44. The number of benzene rings is 2. The summed E-state index contributed by atoms with van der Waals surface area (Å²) in [7, 11) is 0.